The molecule has 0 radical (unpaired) electrons. The molecule has 2 nitrogen and oxygen atoms in total. The van der Waals surface area contributed by atoms with E-state index in [0.717, 1.165) is 42.0 Å². The summed E-state index contributed by atoms with van der Waals surface area (Å²) in [6.07, 6.45) is 2.15. The van der Waals surface area contributed by atoms with E-state index < -0.39 is 0 Å². The van der Waals surface area contributed by atoms with E-state index in [0.29, 0.717) is 0 Å². The summed E-state index contributed by atoms with van der Waals surface area (Å²) in [5, 5.41) is 0. The molecule has 1 heterocycles. The second kappa shape index (κ2) is 5.07. The standard InChI is InChI=1S/C17H15NO/c18-16-5-1-3-13(12-16)6-7-14-8-9-17-15(11-14)4-2-10-19-17/h1,3,5,8-9,11-12H,2,4,10,18H2. The smallest absolute Gasteiger partial charge is 0.122 e. The summed E-state index contributed by atoms with van der Waals surface area (Å²) in [4.78, 5) is 0. The zero-order chi connectivity index (χ0) is 13.1. The molecule has 2 N–H and O–H groups in total. The van der Waals surface area contributed by atoms with Gasteiger partial charge < -0.3 is 10.5 Å². The Morgan fingerprint density at radius 3 is 2.68 bits per heavy atom. The summed E-state index contributed by atoms with van der Waals surface area (Å²) in [7, 11) is 0. The highest BCUT2D eigenvalue weighted by Crippen LogP contribution is 2.25. The average Bonchev–Trinajstić information content (AvgIpc) is 2.45. The number of hydrogen-bond donors (Lipinski definition) is 1. The van der Waals surface area contributed by atoms with Gasteiger partial charge in [-0.15, -0.1) is 0 Å². The van der Waals surface area contributed by atoms with E-state index in [9.17, 15) is 0 Å². The number of nitrogens with two attached hydrogens (primary N) is 1. The van der Waals surface area contributed by atoms with Crippen molar-refractivity contribution < 1.29 is 4.74 Å². The van der Waals surface area contributed by atoms with Crippen molar-refractivity contribution in [3.8, 4) is 17.6 Å². The molecule has 2 heteroatoms. The summed E-state index contributed by atoms with van der Waals surface area (Å²) in [6.45, 7) is 0.821. The van der Waals surface area contributed by atoms with Gasteiger partial charge in [0.15, 0.2) is 0 Å². The van der Waals surface area contributed by atoms with E-state index in [-0.39, 0.29) is 0 Å². The Morgan fingerprint density at radius 2 is 1.84 bits per heavy atom. The van der Waals surface area contributed by atoms with Crippen molar-refractivity contribution in [2.45, 2.75) is 12.8 Å². The van der Waals surface area contributed by atoms with Gasteiger partial charge in [-0.2, -0.15) is 0 Å². The van der Waals surface area contributed by atoms with Gasteiger partial charge in [-0.05, 0) is 54.8 Å². The first-order valence-corrected chi connectivity index (χ1v) is 6.44. The lowest BCUT2D eigenvalue weighted by Gasteiger charge is -2.16. The van der Waals surface area contributed by atoms with Crippen LogP contribution in [-0.2, 0) is 6.42 Å². The lowest BCUT2D eigenvalue weighted by Crippen LogP contribution is -2.08. The van der Waals surface area contributed by atoms with E-state index in [1.54, 1.807) is 0 Å². The lowest BCUT2D eigenvalue weighted by atomic mass is 10.0. The summed E-state index contributed by atoms with van der Waals surface area (Å²) >= 11 is 0. The monoisotopic (exact) mass is 249 g/mol. The molecule has 0 saturated heterocycles. The minimum atomic E-state index is 0.741. The molecule has 0 spiro atoms. The molecular formula is C17H15NO. The third-order valence-corrected chi connectivity index (χ3v) is 3.15. The lowest BCUT2D eigenvalue weighted by molar-refractivity contribution is 0.288. The van der Waals surface area contributed by atoms with Crippen molar-refractivity contribution in [3.63, 3.8) is 0 Å². The van der Waals surface area contributed by atoms with Gasteiger partial charge in [-0.1, -0.05) is 17.9 Å². The maximum atomic E-state index is 5.73. The second-order valence-corrected chi connectivity index (χ2v) is 4.65. The minimum absolute atomic E-state index is 0.741. The zero-order valence-electron chi connectivity index (χ0n) is 10.6. The number of hydrogen-bond acceptors (Lipinski definition) is 2. The zero-order valence-corrected chi connectivity index (χ0v) is 10.6. The normalized spacial score (nSPS) is 12.8. The fourth-order valence-corrected chi connectivity index (χ4v) is 2.20. The molecule has 1 aliphatic rings. The van der Waals surface area contributed by atoms with Crippen LogP contribution >= 0.6 is 0 Å². The number of benzene rings is 2. The van der Waals surface area contributed by atoms with Crippen LogP contribution in [0.15, 0.2) is 42.5 Å². The van der Waals surface area contributed by atoms with Crippen LogP contribution in [0.3, 0.4) is 0 Å². The molecule has 1 aliphatic heterocycles. The Morgan fingerprint density at radius 1 is 1.00 bits per heavy atom. The Hall–Kier alpha value is -2.40. The number of rotatable bonds is 0. The SMILES string of the molecule is Nc1cccc(C#Cc2ccc3c(c2)CCCO3)c1. The molecule has 0 amide bonds. The Bertz CT molecular complexity index is 664. The van der Waals surface area contributed by atoms with Crippen LogP contribution in [0.4, 0.5) is 5.69 Å². The summed E-state index contributed by atoms with van der Waals surface area (Å²) in [5.74, 6) is 7.32. The summed E-state index contributed by atoms with van der Waals surface area (Å²) < 4.78 is 5.59. The molecule has 0 aliphatic carbocycles. The van der Waals surface area contributed by atoms with Crippen molar-refractivity contribution in [1.82, 2.24) is 0 Å². The molecule has 3 rings (SSSR count). The van der Waals surface area contributed by atoms with Gasteiger partial charge in [0, 0.05) is 16.8 Å². The molecule has 19 heavy (non-hydrogen) atoms. The Balaban J connectivity index is 1.88. The highest BCUT2D eigenvalue weighted by Gasteiger charge is 2.09. The summed E-state index contributed by atoms with van der Waals surface area (Å²) in [6, 6.07) is 13.8. The molecular weight excluding hydrogens is 234 g/mol. The largest absolute Gasteiger partial charge is 0.493 e. The minimum Gasteiger partial charge on any atom is -0.493 e. The van der Waals surface area contributed by atoms with Crippen LogP contribution < -0.4 is 10.5 Å². The van der Waals surface area contributed by atoms with E-state index >= 15 is 0 Å². The first-order chi connectivity index (χ1) is 9.31. The maximum Gasteiger partial charge on any atom is 0.122 e. The van der Waals surface area contributed by atoms with Gasteiger partial charge in [0.1, 0.15) is 5.75 Å². The van der Waals surface area contributed by atoms with Crippen molar-refractivity contribution in [3.05, 3.63) is 59.2 Å². The van der Waals surface area contributed by atoms with Crippen molar-refractivity contribution in [1.29, 1.82) is 0 Å². The quantitative estimate of drug-likeness (QED) is 0.575. The number of anilines is 1. The van der Waals surface area contributed by atoms with Crippen LogP contribution in [0.1, 0.15) is 23.1 Å². The van der Waals surface area contributed by atoms with Crippen LogP contribution in [0.2, 0.25) is 0 Å². The molecule has 2 aromatic carbocycles. The molecule has 0 bridgehead atoms. The van der Waals surface area contributed by atoms with Crippen LogP contribution in [0.25, 0.3) is 0 Å². The van der Waals surface area contributed by atoms with Gasteiger partial charge in [0.25, 0.3) is 0 Å². The molecule has 0 unspecified atom stereocenters. The molecule has 2 aromatic rings. The third-order valence-electron chi connectivity index (χ3n) is 3.15. The van der Waals surface area contributed by atoms with Gasteiger partial charge >= 0.3 is 0 Å². The molecule has 0 atom stereocenters. The van der Waals surface area contributed by atoms with E-state index in [4.69, 9.17) is 10.5 Å². The first kappa shape index (κ1) is 11.7. The number of nitrogen functional groups attached to an aromatic ring is 1. The highest BCUT2D eigenvalue weighted by atomic mass is 16.5. The van der Waals surface area contributed by atoms with Gasteiger partial charge in [-0.3, -0.25) is 0 Å². The van der Waals surface area contributed by atoms with Crippen molar-refractivity contribution in [2.75, 3.05) is 12.3 Å². The predicted octanol–water partition coefficient (Wildman–Crippen LogP) is 2.99. The number of aryl methyl sites for hydroxylation is 1. The molecule has 0 fully saturated rings. The van der Waals surface area contributed by atoms with Crippen molar-refractivity contribution >= 4 is 5.69 Å². The van der Waals surface area contributed by atoms with Gasteiger partial charge in [0.05, 0.1) is 6.61 Å². The van der Waals surface area contributed by atoms with E-state index in [1.807, 2.05) is 36.4 Å². The third kappa shape index (κ3) is 2.71. The predicted molar refractivity (Wildman–Crippen MR) is 77.1 cm³/mol. The van der Waals surface area contributed by atoms with E-state index in [1.165, 1.54) is 5.56 Å². The second-order valence-electron chi connectivity index (χ2n) is 4.65. The first-order valence-electron chi connectivity index (χ1n) is 6.44. The number of ether oxygens (including phenoxy) is 1. The summed E-state index contributed by atoms with van der Waals surface area (Å²) in [5.41, 5.74) is 9.69. The van der Waals surface area contributed by atoms with Crippen LogP contribution in [-0.4, -0.2) is 6.61 Å². The molecule has 94 valence electrons. The highest BCUT2D eigenvalue weighted by molar-refractivity contribution is 5.51. The van der Waals surface area contributed by atoms with Crippen LogP contribution in [0.5, 0.6) is 5.75 Å². The Kier molecular flexibility index (Phi) is 3.12. The average molecular weight is 249 g/mol. The molecule has 0 aromatic heterocycles. The number of fused-ring (bicyclic) bond motifs is 1. The van der Waals surface area contributed by atoms with Gasteiger partial charge in [0.2, 0.25) is 0 Å². The van der Waals surface area contributed by atoms with E-state index in [2.05, 4.69) is 17.9 Å². The maximum absolute atomic E-state index is 5.73. The van der Waals surface area contributed by atoms with Crippen molar-refractivity contribution in [2.24, 2.45) is 0 Å². The fourth-order valence-electron chi connectivity index (χ4n) is 2.20. The molecule has 0 saturated carbocycles. The van der Waals surface area contributed by atoms with Crippen LogP contribution in [0, 0.1) is 11.8 Å². The topological polar surface area (TPSA) is 35.2 Å². The van der Waals surface area contributed by atoms with Gasteiger partial charge in [-0.25, -0.2) is 0 Å². The fraction of sp³-hybridized carbons (Fsp3) is 0.176. The Labute approximate surface area is 113 Å².